The first-order valence-electron chi connectivity index (χ1n) is 9.71. The average Bonchev–Trinajstić information content (AvgIpc) is 3.05. The van der Waals surface area contributed by atoms with E-state index in [1.807, 2.05) is 32.9 Å². The first-order chi connectivity index (χ1) is 12.3. The summed E-state index contributed by atoms with van der Waals surface area (Å²) in [5.74, 6) is -0.125. The number of hydrogen-bond acceptors (Lipinski definition) is 3. The lowest BCUT2D eigenvalue weighted by atomic mass is 9.95. The predicted octanol–water partition coefficient (Wildman–Crippen LogP) is 3.21. The molecule has 0 spiro atoms. The summed E-state index contributed by atoms with van der Waals surface area (Å²) < 4.78 is 28.1. The van der Waals surface area contributed by atoms with Crippen LogP contribution in [0, 0.1) is 20.8 Å². The predicted molar refractivity (Wildman–Crippen MR) is 103 cm³/mol. The maximum Gasteiger partial charge on any atom is 0.244 e. The zero-order valence-electron chi connectivity index (χ0n) is 16.0. The zero-order chi connectivity index (χ0) is 18.9. The second kappa shape index (κ2) is 7.69. The fraction of sp³-hybridized carbons (Fsp3) is 0.650. The van der Waals surface area contributed by atoms with Crippen molar-refractivity contribution < 1.29 is 13.2 Å². The Kier molecular flexibility index (Phi) is 5.72. The molecule has 1 saturated carbocycles. The van der Waals surface area contributed by atoms with Crippen LogP contribution in [0.2, 0.25) is 0 Å². The molecule has 1 aromatic rings. The van der Waals surface area contributed by atoms with Crippen LogP contribution in [0.5, 0.6) is 0 Å². The monoisotopic (exact) mass is 378 g/mol. The van der Waals surface area contributed by atoms with Crippen molar-refractivity contribution in [3.05, 3.63) is 28.8 Å². The molecule has 1 amide bonds. The van der Waals surface area contributed by atoms with Gasteiger partial charge in [0.2, 0.25) is 15.9 Å². The van der Waals surface area contributed by atoms with Crippen molar-refractivity contribution in [1.29, 1.82) is 0 Å². The lowest BCUT2D eigenvalue weighted by Crippen LogP contribution is -2.49. The second-order valence-electron chi connectivity index (χ2n) is 7.85. The Hall–Kier alpha value is -1.40. The number of amides is 1. The topological polar surface area (TPSA) is 66.5 Å². The smallest absolute Gasteiger partial charge is 0.244 e. The van der Waals surface area contributed by atoms with E-state index < -0.39 is 16.1 Å². The van der Waals surface area contributed by atoms with E-state index in [0.717, 1.165) is 48.8 Å². The highest BCUT2D eigenvalue weighted by Crippen LogP contribution is 2.31. The fourth-order valence-corrected chi connectivity index (χ4v) is 6.60. The number of carbonyl (C=O) groups excluding carboxylic acids is 1. The van der Waals surface area contributed by atoms with Crippen molar-refractivity contribution in [2.24, 2.45) is 0 Å². The molecule has 1 atom stereocenters. The average molecular weight is 379 g/mol. The summed E-state index contributed by atoms with van der Waals surface area (Å²) in [7, 11) is -3.68. The van der Waals surface area contributed by atoms with E-state index in [-0.39, 0.29) is 11.9 Å². The third-order valence-electron chi connectivity index (χ3n) is 5.63. The Labute approximate surface area is 157 Å². The molecular formula is C20H30N2O3S. The minimum atomic E-state index is -3.68. The van der Waals surface area contributed by atoms with E-state index in [0.29, 0.717) is 17.9 Å². The van der Waals surface area contributed by atoms with Gasteiger partial charge in [0, 0.05) is 12.6 Å². The Morgan fingerprint density at radius 2 is 1.62 bits per heavy atom. The zero-order valence-corrected chi connectivity index (χ0v) is 16.9. The quantitative estimate of drug-likeness (QED) is 0.875. The Bertz CT molecular complexity index is 759. The molecule has 0 aromatic heterocycles. The summed E-state index contributed by atoms with van der Waals surface area (Å²) >= 11 is 0. The molecule has 0 bridgehead atoms. The van der Waals surface area contributed by atoms with E-state index in [1.165, 1.54) is 10.7 Å². The highest BCUT2D eigenvalue weighted by atomic mass is 32.2. The normalized spacial score (nSPS) is 22.5. The molecule has 26 heavy (non-hydrogen) atoms. The van der Waals surface area contributed by atoms with E-state index in [9.17, 15) is 13.2 Å². The maximum absolute atomic E-state index is 13.3. The molecule has 1 aliphatic carbocycles. The van der Waals surface area contributed by atoms with Gasteiger partial charge in [-0.05, 0) is 57.6 Å². The molecule has 1 saturated heterocycles. The number of rotatable bonds is 4. The molecule has 144 valence electrons. The van der Waals surface area contributed by atoms with Crippen molar-refractivity contribution in [3.8, 4) is 0 Å². The van der Waals surface area contributed by atoms with Gasteiger partial charge in [-0.25, -0.2) is 8.42 Å². The molecule has 5 nitrogen and oxygen atoms in total. The molecule has 1 N–H and O–H groups in total. The molecule has 0 radical (unpaired) electrons. The number of nitrogens with one attached hydrogen (secondary N) is 1. The van der Waals surface area contributed by atoms with Gasteiger partial charge in [-0.15, -0.1) is 0 Å². The SMILES string of the molecule is Cc1cc(C)c(S(=O)(=O)N2CCC[C@H]2C(=O)NC2CCCCC2)c(C)c1. The standard InChI is InChI=1S/C20H30N2O3S/c1-14-12-15(2)19(16(3)13-14)26(24,25)22-11-7-10-18(22)20(23)21-17-8-5-4-6-9-17/h12-13,17-18H,4-11H2,1-3H3,(H,21,23)/t18-/m0/s1. The van der Waals surface area contributed by atoms with Crippen LogP contribution in [0.15, 0.2) is 17.0 Å². The summed E-state index contributed by atoms with van der Waals surface area (Å²) in [6.45, 7) is 6.05. The van der Waals surface area contributed by atoms with Crippen LogP contribution < -0.4 is 5.32 Å². The van der Waals surface area contributed by atoms with Crippen molar-refractivity contribution in [2.45, 2.75) is 82.7 Å². The number of aryl methyl sites for hydroxylation is 3. The van der Waals surface area contributed by atoms with E-state index >= 15 is 0 Å². The van der Waals surface area contributed by atoms with E-state index in [4.69, 9.17) is 0 Å². The van der Waals surface area contributed by atoms with Gasteiger partial charge in [-0.2, -0.15) is 4.31 Å². The van der Waals surface area contributed by atoms with E-state index in [2.05, 4.69) is 5.32 Å². The highest BCUT2D eigenvalue weighted by Gasteiger charge is 2.41. The minimum Gasteiger partial charge on any atom is -0.352 e. The van der Waals surface area contributed by atoms with Gasteiger partial charge < -0.3 is 5.32 Å². The first kappa shape index (κ1) is 19.4. The summed E-state index contributed by atoms with van der Waals surface area (Å²) in [4.78, 5) is 13.2. The van der Waals surface area contributed by atoms with Crippen LogP contribution >= 0.6 is 0 Å². The second-order valence-corrected chi connectivity index (χ2v) is 9.67. The van der Waals surface area contributed by atoms with Crippen LogP contribution in [-0.2, 0) is 14.8 Å². The van der Waals surface area contributed by atoms with E-state index in [1.54, 1.807) is 0 Å². The molecule has 1 aromatic carbocycles. The maximum atomic E-state index is 13.3. The third kappa shape index (κ3) is 3.81. The molecule has 2 fully saturated rings. The van der Waals surface area contributed by atoms with Gasteiger partial charge in [0.25, 0.3) is 0 Å². The Morgan fingerprint density at radius 3 is 2.23 bits per heavy atom. The Balaban J connectivity index is 1.83. The van der Waals surface area contributed by atoms with Gasteiger partial charge in [-0.3, -0.25) is 4.79 Å². The molecule has 2 aliphatic rings. The lowest BCUT2D eigenvalue weighted by Gasteiger charge is -2.28. The van der Waals surface area contributed by atoms with Gasteiger partial charge in [-0.1, -0.05) is 37.0 Å². The highest BCUT2D eigenvalue weighted by molar-refractivity contribution is 7.89. The summed E-state index contributed by atoms with van der Waals surface area (Å²) in [5.41, 5.74) is 2.55. The van der Waals surface area contributed by atoms with Crippen LogP contribution in [-0.4, -0.2) is 37.3 Å². The van der Waals surface area contributed by atoms with Crippen molar-refractivity contribution in [3.63, 3.8) is 0 Å². The molecule has 6 heteroatoms. The van der Waals surface area contributed by atoms with Gasteiger partial charge >= 0.3 is 0 Å². The number of carbonyl (C=O) groups is 1. The van der Waals surface area contributed by atoms with Gasteiger partial charge in [0.15, 0.2) is 0 Å². The Morgan fingerprint density at radius 1 is 1.00 bits per heavy atom. The number of nitrogens with zero attached hydrogens (tertiary/aromatic N) is 1. The summed E-state index contributed by atoms with van der Waals surface area (Å²) in [6, 6.07) is 3.41. The molecular weight excluding hydrogens is 348 g/mol. The van der Waals surface area contributed by atoms with Gasteiger partial charge in [0.05, 0.1) is 4.90 Å². The minimum absolute atomic E-state index is 0.125. The van der Waals surface area contributed by atoms with Crippen LogP contribution in [0.3, 0.4) is 0 Å². The number of benzene rings is 1. The fourth-order valence-electron chi connectivity index (χ4n) is 4.53. The molecule has 1 aliphatic heterocycles. The van der Waals surface area contributed by atoms with Crippen molar-refractivity contribution in [2.75, 3.05) is 6.54 Å². The summed E-state index contributed by atoms with van der Waals surface area (Å²) in [5, 5.41) is 3.11. The third-order valence-corrected chi connectivity index (χ3v) is 7.84. The van der Waals surface area contributed by atoms with Gasteiger partial charge in [0.1, 0.15) is 6.04 Å². The largest absolute Gasteiger partial charge is 0.352 e. The molecule has 3 rings (SSSR count). The van der Waals surface area contributed by atoms with Crippen molar-refractivity contribution >= 4 is 15.9 Å². The lowest BCUT2D eigenvalue weighted by molar-refractivity contribution is -0.125. The first-order valence-corrected chi connectivity index (χ1v) is 11.1. The number of sulfonamides is 1. The van der Waals surface area contributed by atoms with Crippen LogP contribution in [0.1, 0.15) is 61.6 Å². The molecule has 0 unspecified atom stereocenters. The van der Waals surface area contributed by atoms with Crippen molar-refractivity contribution in [1.82, 2.24) is 9.62 Å². The molecule has 1 heterocycles. The van der Waals surface area contributed by atoms with Crippen LogP contribution in [0.25, 0.3) is 0 Å². The summed E-state index contributed by atoms with van der Waals surface area (Å²) in [6.07, 6.45) is 6.83. The number of hydrogen-bond donors (Lipinski definition) is 1. The van der Waals surface area contributed by atoms with Crippen LogP contribution in [0.4, 0.5) is 0 Å².